The molecule has 0 unspecified atom stereocenters. The number of fused-ring (bicyclic) bond motifs is 1. The van der Waals surface area contributed by atoms with Gasteiger partial charge in [0.05, 0.1) is 13.0 Å². The molecule has 0 aliphatic carbocycles. The Balaban J connectivity index is 1.65. The van der Waals surface area contributed by atoms with Gasteiger partial charge in [0.25, 0.3) is 0 Å². The maximum Gasteiger partial charge on any atom is 0.451 e. The summed E-state index contributed by atoms with van der Waals surface area (Å²) in [5.74, 6) is -6.84. The SMILES string of the molecule is O=C(CC(=O)N1CCn2c(nnc2C(F)(F)F)C1)Cc1c(F)ccc(F)c1F. The highest BCUT2D eigenvalue weighted by atomic mass is 19.4. The molecule has 3 rings (SSSR count). The van der Waals surface area contributed by atoms with Crippen molar-refractivity contribution in [3.05, 3.63) is 46.8 Å². The number of benzene rings is 1. The first-order valence-electron chi connectivity index (χ1n) is 7.99. The molecular weight excluding hydrogens is 394 g/mol. The lowest BCUT2D eigenvalue weighted by molar-refractivity contribution is -0.148. The lowest BCUT2D eigenvalue weighted by atomic mass is 10.0. The molecule has 0 saturated heterocycles. The van der Waals surface area contributed by atoms with Crippen LogP contribution in [-0.4, -0.2) is 37.9 Å². The second kappa shape index (κ2) is 7.24. The van der Waals surface area contributed by atoms with Crippen molar-refractivity contribution in [1.29, 1.82) is 0 Å². The molecule has 1 aromatic carbocycles. The van der Waals surface area contributed by atoms with Crippen LogP contribution in [0.5, 0.6) is 0 Å². The van der Waals surface area contributed by atoms with E-state index in [-0.39, 0.29) is 25.5 Å². The maximum atomic E-state index is 13.6. The summed E-state index contributed by atoms with van der Waals surface area (Å²) < 4.78 is 79.6. The van der Waals surface area contributed by atoms with Crippen molar-refractivity contribution in [2.24, 2.45) is 0 Å². The summed E-state index contributed by atoms with van der Waals surface area (Å²) in [6, 6.07) is 1.24. The van der Waals surface area contributed by atoms with Gasteiger partial charge < -0.3 is 9.47 Å². The van der Waals surface area contributed by atoms with Gasteiger partial charge in [0, 0.05) is 25.1 Å². The number of rotatable bonds is 4. The standard InChI is InChI=1S/C16H12F6N4O2/c17-10-1-2-11(18)14(19)9(10)5-8(27)6-13(28)25-3-4-26-12(7-25)23-24-15(26)16(20,21)22/h1-2H,3-7H2. The van der Waals surface area contributed by atoms with Crippen LogP contribution in [0, 0.1) is 17.5 Å². The molecule has 6 nitrogen and oxygen atoms in total. The molecule has 0 saturated carbocycles. The summed E-state index contributed by atoms with van der Waals surface area (Å²) >= 11 is 0. The molecule has 0 bridgehead atoms. The third-order valence-electron chi connectivity index (χ3n) is 4.22. The minimum absolute atomic E-state index is 0.0957. The number of ketones is 1. The van der Waals surface area contributed by atoms with Gasteiger partial charge in [0.15, 0.2) is 17.5 Å². The number of carbonyl (C=O) groups excluding carboxylic acids is 2. The zero-order chi connectivity index (χ0) is 20.6. The second-order valence-electron chi connectivity index (χ2n) is 6.12. The molecule has 12 heteroatoms. The average molecular weight is 406 g/mol. The molecular formula is C16H12F6N4O2. The minimum atomic E-state index is -4.69. The lowest BCUT2D eigenvalue weighted by Gasteiger charge is -2.28. The summed E-state index contributed by atoms with van der Waals surface area (Å²) in [6.07, 6.45) is -6.26. The Bertz CT molecular complexity index is 940. The zero-order valence-electron chi connectivity index (χ0n) is 14.1. The van der Waals surface area contributed by atoms with E-state index in [9.17, 15) is 35.9 Å². The molecule has 28 heavy (non-hydrogen) atoms. The number of hydrogen-bond donors (Lipinski definition) is 0. The molecule has 1 aromatic heterocycles. The van der Waals surface area contributed by atoms with Crippen molar-refractivity contribution in [3.63, 3.8) is 0 Å². The average Bonchev–Trinajstić information content (AvgIpc) is 3.05. The number of carbonyl (C=O) groups is 2. The summed E-state index contributed by atoms with van der Waals surface area (Å²) in [7, 11) is 0. The molecule has 0 N–H and O–H groups in total. The van der Waals surface area contributed by atoms with Crippen LogP contribution in [0.1, 0.15) is 23.6 Å². The van der Waals surface area contributed by atoms with Crippen LogP contribution in [0.3, 0.4) is 0 Å². The number of amides is 1. The van der Waals surface area contributed by atoms with Crippen LogP contribution in [0.2, 0.25) is 0 Å². The monoisotopic (exact) mass is 406 g/mol. The fourth-order valence-corrected chi connectivity index (χ4v) is 2.85. The van der Waals surface area contributed by atoms with Crippen LogP contribution in [-0.2, 0) is 35.3 Å². The number of alkyl halides is 3. The molecule has 2 heterocycles. The molecule has 1 amide bonds. The van der Waals surface area contributed by atoms with Crippen LogP contribution in [0.15, 0.2) is 12.1 Å². The third kappa shape index (κ3) is 3.85. The molecule has 150 valence electrons. The normalized spacial score (nSPS) is 14.1. The topological polar surface area (TPSA) is 68.1 Å². The van der Waals surface area contributed by atoms with E-state index >= 15 is 0 Å². The smallest absolute Gasteiger partial charge is 0.333 e. The molecule has 2 aromatic rings. The van der Waals surface area contributed by atoms with Crippen molar-refractivity contribution >= 4 is 11.7 Å². The largest absolute Gasteiger partial charge is 0.451 e. The van der Waals surface area contributed by atoms with E-state index in [0.29, 0.717) is 12.1 Å². The number of aromatic nitrogens is 3. The van der Waals surface area contributed by atoms with Crippen molar-refractivity contribution < 1.29 is 35.9 Å². The van der Waals surface area contributed by atoms with E-state index in [1.165, 1.54) is 0 Å². The van der Waals surface area contributed by atoms with Gasteiger partial charge in [-0.25, -0.2) is 13.2 Å². The van der Waals surface area contributed by atoms with Crippen LogP contribution in [0.4, 0.5) is 26.3 Å². The number of Topliss-reactive ketones (excluding diaryl/α,β-unsaturated/α-hetero) is 1. The summed E-state index contributed by atoms with van der Waals surface area (Å²) in [5, 5.41) is 6.48. The first kappa shape index (κ1) is 19.8. The van der Waals surface area contributed by atoms with Crippen LogP contribution < -0.4 is 0 Å². The van der Waals surface area contributed by atoms with Crippen molar-refractivity contribution in [2.45, 2.75) is 32.1 Å². The van der Waals surface area contributed by atoms with Crippen LogP contribution >= 0.6 is 0 Å². The molecule has 0 atom stereocenters. The van der Waals surface area contributed by atoms with Gasteiger partial charge in [-0.15, -0.1) is 10.2 Å². The van der Waals surface area contributed by atoms with Gasteiger partial charge in [-0.1, -0.05) is 0 Å². The Hall–Kier alpha value is -2.92. The highest BCUT2D eigenvalue weighted by molar-refractivity contribution is 5.98. The first-order chi connectivity index (χ1) is 13.1. The van der Waals surface area contributed by atoms with Crippen LogP contribution in [0.25, 0.3) is 0 Å². The molecule has 1 aliphatic heterocycles. The van der Waals surface area contributed by atoms with E-state index in [1.807, 2.05) is 0 Å². The summed E-state index contributed by atoms with van der Waals surface area (Å²) in [5.41, 5.74) is -0.786. The zero-order valence-corrected chi connectivity index (χ0v) is 14.1. The van der Waals surface area contributed by atoms with E-state index in [4.69, 9.17) is 0 Å². The van der Waals surface area contributed by atoms with E-state index in [0.717, 1.165) is 9.47 Å². The predicted molar refractivity (Wildman–Crippen MR) is 80.1 cm³/mol. The van der Waals surface area contributed by atoms with Gasteiger partial charge in [-0.3, -0.25) is 9.59 Å². The summed E-state index contributed by atoms with van der Waals surface area (Å²) in [6.45, 7) is -0.634. The Labute approximate surface area is 153 Å². The third-order valence-corrected chi connectivity index (χ3v) is 4.22. The Morgan fingerprint density at radius 3 is 2.39 bits per heavy atom. The minimum Gasteiger partial charge on any atom is -0.333 e. The predicted octanol–water partition coefficient (Wildman–Crippen LogP) is 2.26. The van der Waals surface area contributed by atoms with E-state index in [1.54, 1.807) is 0 Å². The van der Waals surface area contributed by atoms with E-state index in [2.05, 4.69) is 10.2 Å². The van der Waals surface area contributed by atoms with Gasteiger partial charge in [-0.2, -0.15) is 13.2 Å². The molecule has 0 spiro atoms. The van der Waals surface area contributed by atoms with Gasteiger partial charge in [0.1, 0.15) is 11.6 Å². The Morgan fingerprint density at radius 2 is 1.71 bits per heavy atom. The Kier molecular flexibility index (Phi) is 5.13. The van der Waals surface area contributed by atoms with Crippen molar-refractivity contribution in [1.82, 2.24) is 19.7 Å². The first-order valence-corrected chi connectivity index (χ1v) is 7.99. The van der Waals surface area contributed by atoms with Gasteiger partial charge in [0.2, 0.25) is 11.7 Å². The Morgan fingerprint density at radius 1 is 1.04 bits per heavy atom. The number of nitrogens with zero attached hydrogens (tertiary/aromatic N) is 4. The maximum absolute atomic E-state index is 13.6. The molecule has 0 fully saturated rings. The highest BCUT2D eigenvalue weighted by Crippen LogP contribution is 2.29. The second-order valence-corrected chi connectivity index (χ2v) is 6.12. The fraction of sp³-hybridized carbons (Fsp3) is 0.375. The van der Waals surface area contributed by atoms with Gasteiger partial charge in [-0.05, 0) is 12.1 Å². The highest BCUT2D eigenvalue weighted by Gasteiger charge is 2.40. The van der Waals surface area contributed by atoms with Crippen molar-refractivity contribution in [3.8, 4) is 0 Å². The molecule has 0 radical (unpaired) electrons. The quantitative estimate of drug-likeness (QED) is 0.444. The van der Waals surface area contributed by atoms with E-state index < -0.39 is 59.5 Å². The fourth-order valence-electron chi connectivity index (χ4n) is 2.85. The lowest BCUT2D eigenvalue weighted by Crippen LogP contribution is -2.40. The summed E-state index contributed by atoms with van der Waals surface area (Å²) in [4.78, 5) is 25.3. The van der Waals surface area contributed by atoms with Crippen molar-refractivity contribution in [2.75, 3.05) is 6.54 Å². The van der Waals surface area contributed by atoms with Gasteiger partial charge >= 0.3 is 6.18 Å². The number of halogens is 6. The molecule has 1 aliphatic rings. The number of hydrogen-bond acceptors (Lipinski definition) is 4.